The van der Waals surface area contributed by atoms with E-state index >= 15 is 0 Å². The fraction of sp³-hybridized carbons (Fsp3) is 0.438. The molecule has 1 amide bonds. The summed E-state index contributed by atoms with van der Waals surface area (Å²) < 4.78 is 5.23. The molecule has 1 aliphatic heterocycles. The van der Waals surface area contributed by atoms with Gasteiger partial charge in [0.25, 0.3) is 0 Å². The van der Waals surface area contributed by atoms with Crippen molar-refractivity contribution in [3.63, 3.8) is 0 Å². The Hall–Kier alpha value is -1.65. The van der Waals surface area contributed by atoms with Gasteiger partial charge in [-0.05, 0) is 5.56 Å². The summed E-state index contributed by atoms with van der Waals surface area (Å²) in [6, 6.07) is 9.73. The summed E-state index contributed by atoms with van der Waals surface area (Å²) in [7, 11) is 0. The lowest BCUT2D eigenvalue weighted by molar-refractivity contribution is -0.141. The van der Waals surface area contributed by atoms with Crippen LogP contribution >= 0.6 is 0 Å². The Morgan fingerprint density at radius 2 is 1.95 bits per heavy atom. The first kappa shape index (κ1) is 14.8. The topological polar surface area (TPSA) is 49.8 Å². The first-order valence-electron chi connectivity index (χ1n) is 6.96. The third kappa shape index (κ3) is 3.92. The molecule has 0 saturated carbocycles. The highest BCUT2D eigenvalue weighted by Crippen LogP contribution is 2.12. The highest BCUT2D eigenvalue weighted by Gasteiger charge is 2.26. The number of benzene rings is 1. The van der Waals surface area contributed by atoms with E-state index in [9.17, 15) is 9.90 Å². The highest BCUT2D eigenvalue weighted by atomic mass is 16.5. The minimum atomic E-state index is -0.773. The second-order valence-corrected chi connectivity index (χ2v) is 4.99. The molecule has 0 aromatic heterocycles. The second-order valence-electron chi connectivity index (χ2n) is 4.99. The van der Waals surface area contributed by atoms with Gasteiger partial charge in [-0.3, -0.25) is 4.79 Å². The number of ether oxygens (including phenoxy) is 1. The van der Waals surface area contributed by atoms with E-state index in [1.807, 2.05) is 36.4 Å². The van der Waals surface area contributed by atoms with Crippen molar-refractivity contribution < 1.29 is 14.6 Å². The van der Waals surface area contributed by atoms with E-state index in [2.05, 4.69) is 0 Å². The predicted octanol–water partition coefficient (Wildman–Crippen LogP) is 1.56. The van der Waals surface area contributed by atoms with Crippen LogP contribution in [0.4, 0.5) is 0 Å². The molecule has 20 heavy (non-hydrogen) atoms. The van der Waals surface area contributed by atoms with E-state index < -0.39 is 12.0 Å². The van der Waals surface area contributed by atoms with Crippen LogP contribution in [0.1, 0.15) is 12.5 Å². The van der Waals surface area contributed by atoms with E-state index in [-0.39, 0.29) is 5.91 Å². The van der Waals surface area contributed by atoms with Crippen molar-refractivity contribution >= 4 is 12.0 Å². The molecule has 1 fully saturated rings. The van der Waals surface area contributed by atoms with Crippen molar-refractivity contribution in [1.29, 1.82) is 0 Å². The van der Waals surface area contributed by atoms with Crippen LogP contribution in [0.3, 0.4) is 0 Å². The van der Waals surface area contributed by atoms with Crippen LogP contribution in [0.2, 0.25) is 0 Å². The first-order chi connectivity index (χ1) is 9.68. The number of carbonyl (C=O) groups is 1. The normalized spacial score (nSPS) is 19.0. The number of morpholine rings is 1. The summed E-state index contributed by atoms with van der Waals surface area (Å²) in [6.07, 6.45) is 2.75. The second kappa shape index (κ2) is 7.22. The number of rotatable bonds is 4. The lowest BCUT2D eigenvalue weighted by atomic mass is 10.0. The third-order valence-corrected chi connectivity index (χ3v) is 3.51. The zero-order valence-corrected chi connectivity index (χ0v) is 11.7. The molecule has 0 unspecified atom stereocenters. The first-order valence-corrected chi connectivity index (χ1v) is 6.96. The molecule has 1 N–H and O–H groups in total. The fourth-order valence-corrected chi connectivity index (χ4v) is 2.16. The summed E-state index contributed by atoms with van der Waals surface area (Å²) in [5, 5.41) is 10.1. The molecule has 0 aliphatic carbocycles. The number of nitrogens with zero attached hydrogens (tertiary/aromatic N) is 1. The molecule has 1 aliphatic rings. The SMILES string of the molecule is C[C@@H](C(=O)N1CCOCC1)[C@@H](O)/C=C/c1ccccc1. The van der Waals surface area contributed by atoms with Crippen molar-refractivity contribution in [2.45, 2.75) is 13.0 Å². The van der Waals surface area contributed by atoms with Crippen LogP contribution in [0.25, 0.3) is 6.08 Å². The average molecular weight is 275 g/mol. The quantitative estimate of drug-likeness (QED) is 0.907. The third-order valence-electron chi connectivity index (χ3n) is 3.51. The minimum Gasteiger partial charge on any atom is -0.388 e. The van der Waals surface area contributed by atoms with Gasteiger partial charge in [-0.2, -0.15) is 0 Å². The van der Waals surface area contributed by atoms with Crippen molar-refractivity contribution in [2.75, 3.05) is 26.3 Å². The summed E-state index contributed by atoms with van der Waals surface area (Å²) >= 11 is 0. The smallest absolute Gasteiger partial charge is 0.228 e. The fourth-order valence-electron chi connectivity index (χ4n) is 2.16. The molecule has 1 aromatic rings. The maximum atomic E-state index is 12.2. The molecule has 2 atom stereocenters. The van der Waals surface area contributed by atoms with E-state index in [0.717, 1.165) is 5.56 Å². The largest absolute Gasteiger partial charge is 0.388 e. The Kier molecular flexibility index (Phi) is 5.32. The van der Waals surface area contributed by atoms with Crippen molar-refractivity contribution in [1.82, 2.24) is 4.90 Å². The number of aliphatic hydroxyl groups excluding tert-OH is 1. The van der Waals surface area contributed by atoms with Gasteiger partial charge in [-0.15, -0.1) is 0 Å². The van der Waals surface area contributed by atoms with Crippen LogP contribution in [0.15, 0.2) is 36.4 Å². The van der Waals surface area contributed by atoms with E-state index in [0.29, 0.717) is 26.3 Å². The van der Waals surface area contributed by atoms with Crippen LogP contribution in [-0.4, -0.2) is 48.3 Å². The molecule has 1 saturated heterocycles. The Morgan fingerprint density at radius 3 is 2.60 bits per heavy atom. The number of hydrogen-bond acceptors (Lipinski definition) is 3. The minimum absolute atomic E-state index is 0.0153. The maximum absolute atomic E-state index is 12.2. The molecular formula is C16H21NO3. The number of carbonyl (C=O) groups excluding carboxylic acids is 1. The summed E-state index contributed by atoms with van der Waals surface area (Å²) in [4.78, 5) is 14.0. The number of amides is 1. The van der Waals surface area contributed by atoms with Gasteiger partial charge < -0.3 is 14.7 Å². The van der Waals surface area contributed by atoms with Crippen molar-refractivity contribution in [2.24, 2.45) is 5.92 Å². The monoisotopic (exact) mass is 275 g/mol. The molecule has 1 aromatic carbocycles. The molecule has 4 nitrogen and oxygen atoms in total. The summed E-state index contributed by atoms with van der Waals surface area (Å²) in [5.74, 6) is -0.452. The number of aliphatic hydroxyl groups is 1. The Labute approximate surface area is 119 Å². The molecule has 4 heteroatoms. The van der Waals surface area contributed by atoms with Gasteiger partial charge in [0, 0.05) is 13.1 Å². The predicted molar refractivity (Wildman–Crippen MR) is 78.0 cm³/mol. The van der Waals surface area contributed by atoms with Crippen molar-refractivity contribution in [3.8, 4) is 0 Å². The van der Waals surface area contributed by atoms with Crippen LogP contribution < -0.4 is 0 Å². The van der Waals surface area contributed by atoms with Crippen molar-refractivity contribution in [3.05, 3.63) is 42.0 Å². The van der Waals surface area contributed by atoms with Gasteiger partial charge in [0.15, 0.2) is 0 Å². The van der Waals surface area contributed by atoms with Crippen LogP contribution in [0.5, 0.6) is 0 Å². The molecular weight excluding hydrogens is 254 g/mol. The molecule has 0 radical (unpaired) electrons. The van der Waals surface area contributed by atoms with Gasteiger partial charge in [0.05, 0.1) is 25.2 Å². The van der Waals surface area contributed by atoms with Gasteiger partial charge >= 0.3 is 0 Å². The van der Waals surface area contributed by atoms with E-state index in [4.69, 9.17) is 4.74 Å². The van der Waals surface area contributed by atoms with E-state index in [1.54, 1.807) is 17.9 Å². The lowest BCUT2D eigenvalue weighted by Crippen LogP contribution is -2.45. The standard InChI is InChI=1S/C16H21NO3/c1-13(16(19)17-9-11-20-12-10-17)15(18)8-7-14-5-3-2-4-6-14/h2-8,13,15,18H,9-12H2,1H3/b8-7+/t13-,15+/m1/s1. The van der Waals surface area contributed by atoms with Gasteiger partial charge in [-0.25, -0.2) is 0 Å². The zero-order chi connectivity index (χ0) is 14.4. The van der Waals surface area contributed by atoms with E-state index in [1.165, 1.54) is 0 Å². The average Bonchev–Trinajstić information content (AvgIpc) is 2.53. The summed E-state index contributed by atoms with van der Waals surface area (Å²) in [6.45, 7) is 4.14. The lowest BCUT2D eigenvalue weighted by Gasteiger charge is -2.30. The van der Waals surface area contributed by atoms with Crippen LogP contribution in [-0.2, 0) is 9.53 Å². The molecule has 1 heterocycles. The van der Waals surface area contributed by atoms with Gasteiger partial charge in [0.1, 0.15) is 0 Å². The Morgan fingerprint density at radius 1 is 1.30 bits per heavy atom. The molecule has 108 valence electrons. The summed E-state index contributed by atoms with van der Waals surface area (Å²) in [5.41, 5.74) is 1.01. The number of hydrogen-bond donors (Lipinski definition) is 1. The van der Waals surface area contributed by atoms with Gasteiger partial charge in [0.2, 0.25) is 5.91 Å². The molecule has 0 spiro atoms. The maximum Gasteiger partial charge on any atom is 0.228 e. The zero-order valence-electron chi connectivity index (χ0n) is 11.7. The molecule has 2 rings (SSSR count). The molecule has 0 bridgehead atoms. The highest BCUT2D eigenvalue weighted by molar-refractivity contribution is 5.79. The van der Waals surface area contributed by atoms with Gasteiger partial charge in [-0.1, -0.05) is 49.4 Å². The van der Waals surface area contributed by atoms with Crippen LogP contribution in [0, 0.1) is 5.92 Å². The Bertz CT molecular complexity index is 452. The Balaban J connectivity index is 1.92.